The van der Waals surface area contributed by atoms with Crippen LogP contribution >= 0.6 is 0 Å². The Morgan fingerprint density at radius 1 is 1.27 bits per heavy atom. The third kappa shape index (κ3) is 3.30. The van der Waals surface area contributed by atoms with Crippen molar-refractivity contribution in [2.75, 3.05) is 13.2 Å². The number of aliphatic hydroxyl groups is 1. The standard InChI is InChI=1S/C12H19NO2/c1-12(2,9-14)11-5-3-10(4-6-11)7-8-15-13/h3-6,14H,7-9,13H2,1-2H3. The molecule has 0 atom stereocenters. The van der Waals surface area contributed by atoms with Gasteiger partial charge in [0.05, 0.1) is 13.2 Å². The monoisotopic (exact) mass is 209 g/mol. The molecule has 3 N–H and O–H groups in total. The summed E-state index contributed by atoms with van der Waals surface area (Å²) in [5.74, 6) is 4.96. The maximum Gasteiger partial charge on any atom is 0.0719 e. The van der Waals surface area contributed by atoms with Gasteiger partial charge in [0.1, 0.15) is 0 Å². The molecule has 0 saturated carbocycles. The van der Waals surface area contributed by atoms with Gasteiger partial charge >= 0.3 is 0 Å². The number of aliphatic hydroxyl groups excluding tert-OH is 1. The first-order valence-electron chi connectivity index (χ1n) is 5.12. The number of rotatable bonds is 5. The van der Waals surface area contributed by atoms with E-state index in [0.29, 0.717) is 6.61 Å². The maximum atomic E-state index is 9.22. The van der Waals surface area contributed by atoms with Gasteiger partial charge in [0, 0.05) is 5.41 Å². The van der Waals surface area contributed by atoms with E-state index in [1.54, 1.807) is 0 Å². The Morgan fingerprint density at radius 3 is 2.33 bits per heavy atom. The van der Waals surface area contributed by atoms with Gasteiger partial charge in [-0.25, -0.2) is 5.90 Å². The Bertz CT molecular complexity index is 293. The number of benzene rings is 1. The predicted molar refractivity (Wildman–Crippen MR) is 60.4 cm³/mol. The average Bonchev–Trinajstić information content (AvgIpc) is 2.27. The maximum absolute atomic E-state index is 9.22. The minimum atomic E-state index is -0.178. The molecule has 0 radical (unpaired) electrons. The lowest BCUT2D eigenvalue weighted by Gasteiger charge is -2.22. The zero-order valence-electron chi connectivity index (χ0n) is 9.36. The molecule has 0 aliphatic rings. The number of nitrogens with two attached hydrogens (primary N) is 1. The Hall–Kier alpha value is -0.900. The summed E-state index contributed by atoms with van der Waals surface area (Å²) in [6, 6.07) is 8.18. The van der Waals surface area contributed by atoms with Crippen molar-refractivity contribution in [2.45, 2.75) is 25.7 Å². The fourth-order valence-corrected chi connectivity index (χ4v) is 1.39. The summed E-state index contributed by atoms with van der Waals surface area (Å²) in [7, 11) is 0. The van der Waals surface area contributed by atoms with Crippen molar-refractivity contribution in [1.82, 2.24) is 0 Å². The van der Waals surface area contributed by atoms with Gasteiger partial charge in [-0.15, -0.1) is 0 Å². The summed E-state index contributed by atoms with van der Waals surface area (Å²) < 4.78 is 0. The number of hydrogen-bond donors (Lipinski definition) is 2. The molecular formula is C12H19NO2. The lowest BCUT2D eigenvalue weighted by Crippen LogP contribution is -2.21. The van der Waals surface area contributed by atoms with Crippen molar-refractivity contribution in [2.24, 2.45) is 5.90 Å². The molecule has 0 fully saturated rings. The van der Waals surface area contributed by atoms with E-state index in [9.17, 15) is 5.11 Å². The summed E-state index contributed by atoms with van der Waals surface area (Å²) in [5, 5.41) is 9.22. The molecule has 0 aromatic heterocycles. The van der Waals surface area contributed by atoms with E-state index in [-0.39, 0.29) is 12.0 Å². The topological polar surface area (TPSA) is 55.5 Å². The van der Waals surface area contributed by atoms with Crippen LogP contribution in [0.1, 0.15) is 25.0 Å². The normalized spacial score (nSPS) is 11.7. The molecule has 0 spiro atoms. The van der Waals surface area contributed by atoms with Gasteiger partial charge in [0.2, 0.25) is 0 Å². The minimum Gasteiger partial charge on any atom is -0.395 e. The molecule has 0 unspecified atom stereocenters. The molecule has 84 valence electrons. The van der Waals surface area contributed by atoms with E-state index in [1.807, 2.05) is 38.1 Å². The zero-order valence-corrected chi connectivity index (χ0v) is 9.36. The highest BCUT2D eigenvalue weighted by molar-refractivity contribution is 5.28. The van der Waals surface area contributed by atoms with Crippen LogP contribution in [0.2, 0.25) is 0 Å². The summed E-state index contributed by atoms with van der Waals surface area (Å²) in [4.78, 5) is 4.52. The van der Waals surface area contributed by atoms with E-state index in [4.69, 9.17) is 5.90 Å². The first kappa shape index (κ1) is 12.2. The second kappa shape index (κ2) is 5.26. The molecule has 3 heteroatoms. The molecule has 3 nitrogen and oxygen atoms in total. The third-order valence-corrected chi connectivity index (χ3v) is 2.64. The molecule has 1 aromatic rings. The summed E-state index contributed by atoms with van der Waals surface area (Å²) in [5.41, 5.74) is 2.16. The van der Waals surface area contributed by atoms with Crippen LogP contribution in [-0.4, -0.2) is 18.3 Å². The van der Waals surface area contributed by atoms with E-state index in [0.717, 1.165) is 12.0 Å². The molecule has 0 amide bonds. The molecule has 0 saturated heterocycles. The quantitative estimate of drug-likeness (QED) is 0.720. The molecule has 0 aliphatic carbocycles. The van der Waals surface area contributed by atoms with E-state index >= 15 is 0 Å². The molecular weight excluding hydrogens is 190 g/mol. The highest BCUT2D eigenvalue weighted by Gasteiger charge is 2.18. The second-order valence-corrected chi connectivity index (χ2v) is 4.36. The molecule has 0 bridgehead atoms. The van der Waals surface area contributed by atoms with Crippen molar-refractivity contribution in [3.8, 4) is 0 Å². The van der Waals surface area contributed by atoms with Crippen LogP contribution in [0.3, 0.4) is 0 Å². The van der Waals surface area contributed by atoms with Crippen LogP contribution < -0.4 is 5.90 Å². The molecule has 0 aliphatic heterocycles. The minimum absolute atomic E-state index is 0.151. The highest BCUT2D eigenvalue weighted by Crippen LogP contribution is 2.22. The summed E-state index contributed by atoms with van der Waals surface area (Å²) in [6.45, 7) is 4.72. The van der Waals surface area contributed by atoms with Gasteiger partial charge in [0.25, 0.3) is 0 Å². The fraction of sp³-hybridized carbons (Fsp3) is 0.500. The SMILES string of the molecule is CC(C)(CO)c1ccc(CCON)cc1. The molecule has 0 heterocycles. The van der Waals surface area contributed by atoms with Crippen molar-refractivity contribution in [3.63, 3.8) is 0 Å². The van der Waals surface area contributed by atoms with Gasteiger partial charge in [-0.05, 0) is 17.5 Å². The Morgan fingerprint density at radius 2 is 1.87 bits per heavy atom. The van der Waals surface area contributed by atoms with Crippen molar-refractivity contribution < 1.29 is 9.94 Å². The molecule has 1 rings (SSSR count). The smallest absolute Gasteiger partial charge is 0.0719 e. The molecule has 15 heavy (non-hydrogen) atoms. The van der Waals surface area contributed by atoms with Gasteiger partial charge in [-0.3, -0.25) is 0 Å². The summed E-state index contributed by atoms with van der Waals surface area (Å²) in [6.07, 6.45) is 0.816. The third-order valence-electron chi connectivity index (χ3n) is 2.64. The Balaban J connectivity index is 2.72. The highest BCUT2D eigenvalue weighted by atomic mass is 16.6. The predicted octanol–water partition coefficient (Wildman–Crippen LogP) is 1.39. The van der Waals surface area contributed by atoms with E-state index in [2.05, 4.69) is 4.84 Å². The lowest BCUT2D eigenvalue weighted by atomic mass is 9.85. The van der Waals surface area contributed by atoms with E-state index in [1.165, 1.54) is 5.56 Å². The Labute approximate surface area is 90.8 Å². The van der Waals surface area contributed by atoms with Gasteiger partial charge in [0.15, 0.2) is 0 Å². The zero-order chi connectivity index (χ0) is 11.3. The summed E-state index contributed by atoms with van der Waals surface area (Å²) >= 11 is 0. The second-order valence-electron chi connectivity index (χ2n) is 4.36. The van der Waals surface area contributed by atoms with Crippen LogP contribution in [0.5, 0.6) is 0 Å². The van der Waals surface area contributed by atoms with Gasteiger partial charge in [-0.2, -0.15) is 0 Å². The van der Waals surface area contributed by atoms with Gasteiger partial charge < -0.3 is 9.94 Å². The van der Waals surface area contributed by atoms with Crippen LogP contribution in [0, 0.1) is 0 Å². The van der Waals surface area contributed by atoms with Crippen LogP contribution in [-0.2, 0) is 16.7 Å². The lowest BCUT2D eigenvalue weighted by molar-refractivity contribution is 0.141. The van der Waals surface area contributed by atoms with Crippen molar-refractivity contribution in [3.05, 3.63) is 35.4 Å². The van der Waals surface area contributed by atoms with Gasteiger partial charge in [-0.1, -0.05) is 38.1 Å². The first-order chi connectivity index (χ1) is 7.10. The van der Waals surface area contributed by atoms with Crippen LogP contribution in [0.4, 0.5) is 0 Å². The van der Waals surface area contributed by atoms with Crippen molar-refractivity contribution in [1.29, 1.82) is 0 Å². The first-order valence-corrected chi connectivity index (χ1v) is 5.12. The van der Waals surface area contributed by atoms with Crippen molar-refractivity contribution >= 4 is 0 Å². The largest absolute Gasteiger partial charge is 0.395 e. The Kier molecular flexibility index (Phi) is 4.27. The average molecular weight is 209 g/mol. The fourth-order valence-electron chi connectivity index (χ4n) is 1.39. The van der Waals surface area contributed by atoms with Crippen LogP contribution in [0.25, 0.3) is 0 Å². The van der Waals surface area contributed by atoms with Crippen LogP contribution in [0.15, 0.2) is 24.3 Å². The molecule has 1 aromatic carbocycles. The van der Waals surface area contributed by atoms with E-state index < -0.39 is 0 Å². The number of hydrogen-bond acceptors (Lipinski definition) is 3.